The molecule has 0 N–H and O–H groups in total. The zero-order valence-corrected chi connectivity index (χ0v) is 14.1. The summed E-state index contributed by atoms with van der Waals surface area (Å²) >= 11 is 0. The van der Waals surface area contributed by atoms with Gasteiger partial charge in [-0.1, -0.05) is 11.2 Å². The van der Waals surface area contributed by atoms with Gasteiger partial charge in [0.25, 0.3) is 0 Å². The number of piperidine rings is 1. The molecular formula is C16H18N4O3S. The number of nitrogens with zero attached hydrogens (tertiary/aromatic N) is 4. The fraction of sp³-hybridized carbons (Fsp3) is 0.375. The standard InChI is InChI=1S/C16H18N4O3S/c1-12-15(11-23-18-12)24(21,22)19-7-4-5-13(10-19)16-17-9-14-6-2-3-8-20(14)16/h2-3,6,8-9,11,13H,4-5,7,10H2,1H3. The Bertz CT molecular complexity index is 976. The van der Waals surface area contributed by atoms with E-state index in [1.165, 1.54) is 10.6 Å². The summed E-state index contributed by atoms with van der Waals surface area (Å²) in [6.45, 7) is 2.56. The third kappa shape index (κ3) is 2.42. The number of hydrogen-bond donors (Lipinski definition) is 0. The summed E-state index contributed by atoms with van der Waals surface area (Å²) in [6, 6.07) is 5.91. The molecular weight excluding hydrogens is 328 g/mol. The molecule has 3 aromatic rings. The molecule has 0 spiro atoms. The molecule has 3 aromatic heterocycles. The summed E-state index contributed by atoms with van der Waals surface area (Å²) in [5.74, 6) is 0.978. The quantitative estimate of drug-likeness (QED) is 0.726. The molecule has 1 unspecified atom stereocenters. The summed E-state index contributed by atoms with van der Waals surface area (Å²) in [6.07, 6.45) is 6.72. The van der Waals surface area contributed by atoms with E-state index in [4.69, 9.17) is 4.52 Å². The van der Waals surface area contributed by atoms with Crippen LogP contribution in [0.1, 0.15) is 30.3 Å². The third-order valence-electron chi connectivity index (χ3n) is 4.54. The van der Waals surface area contributed by atoms with Crippen molar-refractivity contribution in [2.45, 2.75) is 30.6 Å². The number of fused-ring (bicyclic) bond motifs is 1. The minimum Gasteiger partial charge on any atom is -0.363 e. The molecule has 0 aliphatic carbocycles. The Morgan fingerprint density at radius 1 is 1.33 bits per heavy atom. The van der Waals surface area contributed by atoms with E-state index < -0.39 is 10.0 Å². The summed E-state index contributed by atoms with van der Waals surface area (Å²) < 4.78 is 34.1. The zero-order chi connectivity index (χ0) is 16.7. The van der Waals surface area contributed by atoms with E-state index in [1.54, 1.807) is 6.92 Å². The summed E-state index contributed by atoms with van der Waals surface area (Å²) in [4.78, 5) is 4.68. The Hall–Kier alpha value is -2.19. The van der Waals surface area contributed by atoms with Crippen molar-refractivity contribution in [3.8, 4) is 0 Å². The molecule has 1 aliphatic heterocycles. The van der Waals surface area contributed by atoms with Gasteiger partial charge in [0.05, 0.1) is 11.7 Å². The van der Waals surface area contributed by atoms with Crippen LogP contribution in [0, 0.1) is 6.92 Å². The van der Waals surface area contributed by atoms with Gasteiger partial charge in [-0.05, 0) is 31.9 Å². The molecule has 1 saturated heterocycles. The predicted molar refractivity (Wildman–Crippen MR) is 87.2 cm³/mol. The predicted octanol–water partition coefficient (Wildman–Crippen LogP) is 2.20. The van der Waals surface area contributed by atoms with E-state index in [9.17, 15) is 8.42 Å². The summed E-state index contributed by atoms with van der Waals surface area (Å²) in [5.41, 5.74) is 1.41. The van der Waals surface area contributed by atoms with Crippen molar-refractivity contribution < 1.29 is 12.9 Å². The molecule has 1 fully saturated rings. The average Bonchev–Trinajstić information content (AvgIpc) is 3.21. The van der Waals surface area contributed by atoms with Gasteiger partial charge in [-0.2, -0.15) is 4.31 Å². The Morgan fingerprint density at radius 3 is 3.00 bits per heavy atom. The second-order valence-corrected chi connectivity index (χ2v) is 7.98. The second-order valence-electron chi connectivity index (χ2n) is 6.08. The van der Waals surface area contributed by atoms with E-state index in [2.05, 4.69) is 10.1 Å². The minimum absolute atomic E-state index is 0.0681. The first-order chi connectivity index (χ1) is 11.6. The first kappa shape index (κ1) is 15.3. The van der Waals surface area contributed by atoms with Crippen molar-refractivity contribution in [2.24, 2.45) is 0 Å². The normalized spacial score (nSPS) is 19.8. The van der Waals surface area contributed by atoms with Gasteiger partial charge in [-0.25, -0.2) is 13.4 Å². The molecule has 1 aliphatic rings. The second kappa shape index (κ2) is 5.71. The van der Waals surface area contributed by atoms with Gasteiger partial charge in [0.1, 0.15) is 22.7 Å². The molecule has 0 bridgehead atoms. The smallest absolute Gasteiger partial charge is 0.248 e. The molecule has 4 heterocycles. The first-order valence-electron chi connectivity index (χ1n) is 7.90. The van der Waals surface area contributed by atoms with E-state index in [0.717, 1.165) is 24.2 Å². The topological polar surface area (TPSA) is 80.7 Å². The number of sulfonamides is 1. The van der Waals surface area contributed by atoms with E-state index in [0.29, 0.717) is 18.8 Å². The van der Waals surface area contributed by atoms with Crippen molar-refractivity contribution in [3.63, 3.8) is 0 Å². The molecule has 1 atom stereocenters. The van der Waals surface area contributed by atoms with Crippen molar-refractivity contribution >= 4 is 15.5 Å². The molecule has 7 nitrogen and oxygen atoms in total. The van der Waals surface area contributed by atoms with Gasteiger partial charge in [0.2, 0.25) is 10.0 Å². The SMILES string of the molecule is Cc1nocc1S(=O)(=O)N1CCCC(c2ncc3ccccn23)C1. The molecule has 0 aromatic carbocycles. The lowest BCUT2D eigenvalue weighted by Crippen LogP contribution is -2.39. The largest absolute Gasteiger partial charge is 0.363 e. The van der Waals surface area contributed by atoms with Crippen molar-refractivity contribution in [1.29, 1.82) is 0 Å². The van der Waals surface area contributed by atoms with Gasteiger partial charge in [0.15, 0.2) is 0 Å². The van der Waals surface area contributed by atoms with Crippen LogP contribution < -0.4 is 0 Å². The average molecular weight is 346 g/mol. The first-order valence-corrected chi connectivity index (χ1v) is 9.34. The number of aromatic nitrogens is 3. The molecule has 126 valence electrons. The van der Waals surface area contributed by atoms with Crippen LogP contribution in [0.3, 0.4) is 0 Å². The van der Waals surface area contributed by atoms with Gasteiger partial charge in [-0.3, -0.25) is 0 Å². The van der Waals surface area contributed by atoms with Crippen LogP contribution in [-0.2, 0) is 10.0 Å². The Kier molecular flexibility index (Phi) is 3.65. The van der Waals surface area contributed by atoms with Gasteiger partial charge >= 0.3 is 0 Å². The lowest BCUT2D eigenvalue weighted by molar-refractivity contribution is 0.308. The highest BCUT2D eigenvalue weighted by Crippen LogP contribution is 2.30. The van der Waals surface area contributed by atoms with Crippen molar-refractivity contribution in [3.05, 3.63) is 48.4 Å². The molecule has 0 amide bonds. The Morgan fingerprint density at radius 2 is 2.21 bits per heavy atom. The maximum absolute atomic E-state index is 12.8. The highest BCUT2D eigenvalue weighted by Gasteiger charge is 2.34. The van der Waals surface area contributed by atoms with E-state index in [1.807, 2.05) is 35.0 Å². The van der Waals surface area contributed by atoms with Crippen LogP contribution >= 0.6 is 0 Å². The minimum atomic E-state index is -3.59. The summed E-state index contributed by atoms with van der Waals surface area (Å²) in [5, 5.41) is 3.69. The van der Waals surface area contributed by atoms with E-state index in [-0.39, 0.29) is 10.8 Å². The van der Waals surface area contributed by atoms with Crippen molar-refractivity contribution in [1.82, 2.24) is 18.8 Å². The molecule has 8 heteroatoms. The Labute approximate surface area is 139 Å². The number of pyridine rings is 1. The van der Waals surface area contributed by atoms with Gasteiger partial charge in [-0.15, -0.1) is 0 Å². The van der Waals surface area contributed by atoms with Crippen molar-refractivity contribution in [2.75, 3.05) is 13.1 Å². The van der Waals surface area contributed by atoms with Crippen LogP contribution in [-0.4, -0.2) is 40.4 Å². The lowest BCUT2D eigenvalue weighted by atomic mass is 9.99. The number of rotatable bonds is 3. The number of hydrogen-bond acceptors (Lipinski definition) is 5. The number of imidazole rings is 1. The van der Waals surface area contributed by atoms with Gasteiger partial charge < -0.3 is 8.92 Å². The monoisotopic (exact) mass is 346 g/mol. The fourth-order valence-electron chi connectivity index (χ4n) is 3.31. The van der Waals surface area contributed by atoms with Crippen LogP contribution in [0.4, 0.5) is 0 Å². The van der Waals surface area contributed by atoms with Crippen LogP contribution in [0.25, 0.3) is 5.52 Å². The Balaban J connectivity index is 1.66. The lowest BCUT2D eigenvalue weighted by Gasteiger charge is -2.31. The maximum Gasteiger partial charge on any atom is 0.248 e. The maximum atomic E-state index is 12.8. The zero-order valence-electron chi connectivity index (χ0n) is 13.3. The van der Waals surface area contributed by atoms with Crippen LogP contribution in [0.5, 0.6) is 0 Å². The number of aryl methyl sites for hydroxylation is 1. The van der Waals surface area contributed by atoms with E-state index >= 15 is 0 Å². The molecule has 24 heavy (non-hydrogen) atoms. The van der Waals surface area contributed by atoms with Gasteiger partial charge in [0, 0.05) is 25.2 Å². The van der Waals surface area contributed by atoms with Crippen LogP contribution in [0.2, 0.25) is 0 Å². The molecule has 4 rings (SSSR count). The third-order valence-corrected chi connectivity index (χ3v) is 6.50. The molecule has 0 radical (unpaired) electrons. The molecule has 0 saturated carbocycles. The summed E-state index contributed by atoms with van der Waals surface area (Å²) in [7, 11) is -3.59. The highest BCUT2D eigenvalue weighted by molar-refractivity contribution is 7.89. The highest BCUT2D eigenvalue weighted by atomic mass is 32.2. The van der Waals surface area contributed by atoms with Crippen LogP contribution in [0.15, 0.2) is 46.3 Å². The fourth-order valence-corrected chi connectivity index (χ4v) is 4.91.